The fourth-order valence-corrected chi connectivity index (χ4v) is 3.77. The minimum atomic E-state index is -0.999. The van der Waals surface area contributed by atoms with Crippen molar-refractivity contribution in [2.45, 2.75) is 33.7 Å². The number of thiazole rings is 1. The number of nitrogens with zero attached hydrogens (tertiary/aromatic N) is 1. The predicted molar refractivity (Wildman–Crippen MR) is 97.5 cm³/mol. The predicted octanol–water partition coefficient (Wildman–Crippen LogP) is 3.74. The van der Waals surface area contributed by atoms with Gasteiger partial charge in [-0.2, -0.15) is 0 Å². The summed E-state index contributed by atoms with van der Waals surface area (Å²) < 4.78 is 0. The molecule has 130 valence electrons. The minimum absolute atomic E-state index is 0.202. The fourth-order valence-electron chi connectivity index (χ4n) is 2.86. The standard InChI is InChI=1S/C18H19N3O3S/c1-8-5-9(2)12-7-14(21-13(12)6-8)16(22)19-11(4)17-20-10(3)15(25-17)18(23)24/h5-7,11,21H,1-4H3,(H,19,22)(H,23,24). The van der Waals surface area contributed by atoms with E-state index in [1.807, 2.05) is 26.0 Å². The van der Waals surface area contributed by atoms with Crippen LogP contribution in [0.2, 0.25) is 0 Å². The monoisotopic (exact) mass is 357 g/mol. The first-order chi connectivity index (χ1) is 11.8. The van der Waals surface area contributed by atoms with Gasteiger partial charge < -0.3 is 15.4 Å². The van der Waals surface area contributed by atoms with Gasteiger partial charge in [-0.1, -0.05) is 6.07 Å². The number of carboxylic acids is 1. The van der Waals surface area contributed by atoms with Crippen molar-refractivity contribution in [3.8, 4) is 0 Å². The Morgan fingerprint density at radius 1 is 1.24 bits per heavy atom. The van der Waals surface area contributed by atoms with Gasteiger partial charge in [-0.3, -0.25) is 4.79 Å². The molecule has 3 rings (SSSR count). The van der Waals surface area contributed by atoms with Crippen molar-refractivity contribution in [1.82, 2.24) is 15.3 Å². The van der Waals surface area contributed by atoms with E-state index in [9.17, 15) is 9.59 Å². The van der Waals surface area contributed by atoms with Crippen molar-refractivity contribution in [3.05, 3.63) is 50.6 Å². The molecule has 25 heavy (non-hydrogen) atoms. The molecule has 0 aliphatic rings. The molecule has 2 heterocycles. The number of nitrogens with one attached hydrogen (secondary N) is 2. The Morgan fingerprint density at radius 3 is 2.60 bits per heavy atom. The normalized spacial score (nSPS) is 12.3. The maximum absolute atomic E-state index is 12.5. The lowest BCUT2D eigenvalue weighted by molar-refractivity contribution is 0.0701. The van der Waals surface area contributed by atoms with Crippen LogP contribution in [-0.4, -0.2) is 27.0 Å². The van der Waals surface area contributed by atoms with Crippen LogP contribution in [-0.2, 0) is 0 Å². The molecule has 1 amide bonds. The summed E-state index contributed by atoms with van der Waals surface area (Å²) in [6.45, 7) is 7.47. The minimum Gasteiger partial charge on any atom is -0.477 e. The number of hydrogen-bond donors (Lipinski definition) is 3. The zero-order valence-electron chi connectivity index (χ0n) is 14.4. The molecule has 3 aromatic rings. The van der Waals surface area contributed by atoms with E-state index in [1.165, 1.54) is 0 Å². The molecule has 1 aromatic carbocycles. The number of carbonyl (C=O) groups is 2. The van der Waals surface area contributed by atoms with Crippen LogP contribution in [0.5, 0.6) is 0 Å². The number of rotatable bonds is 4. The van der Waals surface area contributed by atoms with E-state index in [1.54, 1.807) is 13.8 Å². The number of aromatic carboxylic acids is 1. The van der Waals surface area contributed by atoms with Crippen LogP contribution in [0.4, 0.5) is 0 Å². The second kappa shape index (κ2) is 6.33. The summed E-state index contributed by atoms with van der Waals surface area (Å²) >= 11 is 1.09. The third kappa shape index (κ3) is 3.28. The summed E-state index contributed by atoms with van der Waals surface area (Å²) in [4.78, 5) is 31.3. The third-order valence-electron chi connectivity index (χ3n) is 4.06. The molecule has 1 unspecified atom stereocenters. The highest BCUT2D eigenvalue weighted by Crippen LogP contribution is 2.25. The van der Waals surface area contributed by atoms with Crippen molar-refractivity contribution in [2.75, 3.05) is 0 Å². The zero-order chi connectivity index (χ0) is 18.3. The van der Waals surface area contributed by atoms with Crippen molar-refractivity contribution in [3.63, 3.8) is 0 Å². The Bertz CT molecular complexity index is 987. The Hall–Kier alpha value is -2.67. The number of aryl methyl sites for hydroxylation is 3. The van der Waals surface area contributed by atoms with Gasteiger partial charge in [-0.15, -0.1) is 11.3 Å². The number of H-pyrrole nitrogens is 1. The van der Waals surface area contributed by atoms with Crippen molar-refractivity contribution in [2.24, 2.45) is 0 Å². The van der Waals surface area contributed by atoms with Gasteiger partial charge in [0.05, 0.1) is 11.7 Å². The second-order valence-corrected chi connectivity index (χ2v) is 7.22. The van der Waals surface area contributed by atoms with Crippen LogP contribution in [0.1, 0.15) is 55.0 Å². The topological polar surface area (TPSA) is 95.1 Å². The van der Waals surface area contributed by atoms with Gasteiger partial charge in [0.2, 0.25) is 0 Å². The van der Waals surface area contributed by atoms with E-state index >= 15 is 0 Å². The molecule has 0 bridgehead atoms. The molecule has 3 N–H and O–H groups in total. The van der Waals surface area contributed by atoms with Crippen molar-refractivity contribution >= 4 is 34.1 Å². The van der Waals surface area contributed by atoms with Gasteiger partial charge in [-0.05, 0) is 51.0 Å². The maximum Gasteiger partial charge on any atom is 0.347 e. The highest BCUT2D eigenvalue weighted by Gasteiger charge is 2.20. The lowest BCUT2D eigenvalue weighted by Gasteiger charge is -2.10. The molecule has 2 aromatic heterocycles. The average molecular weight is 357 g/mol. The van der Waals surface area contributed by atoms with Gasteiger partial charge in [0.1, 0.15) is 15.6 Å². The molecule has 7 heteroatoms. The molecule has 0 radical (unpaired) electrons. The molecule has 0 saturated heterocycles. The first-order valence-electron chi connectivity index (χ1n) is 7.87. The Labute approximate surface area is 148 Å². The molecular formula is C18H19N3O3S. The second-order valence-electron chi connectivity index (χ2n) is 6.19. The number of aromatic nitrogens is 2. The summed E-state index contributed by atoms with van der Waals surface area (Å²) in [5.74, 6) is -1.24. The van der Waals surface area contributed by atoms with Crippen LogP contribution >= 0.6 is 11.3 Å². The Morgan fingerprint density at radius 2 is 1.96 bits per heavy atom. The highest BCUT2D eigenvalue weighted by atomic mass is 32.1. The molecule has 0 spiro atoms. The SMILES string of the molecule is Cc1cc(C)c2cc(C(=O)NC(C)c3nc(C)c(C(=O)O)s3)[nH]c2c1. The summed E-state index contributed by atoms with van der Waals surface area (Å²) in [5, 5.41) is 13.6. The lowest BCUT2D eigenvalue weighted by atomic mass is 10.1. The van der Waals surface area contributed by atoms with E-state index in [2.05, 4.69) is 21.4 Å². The van der Waals surface area contributed by atoms with E-state index in [0.717, 1.165) is 33.4 Å². The van der Waals surface area contributed by atoms with Crippen LogP contribution in [0, 0.1) is 20.8 Å². The summed E-state index contributed by atoms with van der Waals surface area (Å²) in [6.07, 6.45) is 0. The van der Waals surface area contributed by atoms with Crippen LogP contribution in [0.25, 0.3) is 10.9 Å². The molecule has 6 nitrogen and oxygen atoms in total. The van der Waals surface area contributed by atoms with E-state index < -0.39 is 5.97 Å². The van der Waals surface area contributed by atoms with Gasteiger partial charge in [-0.25, -0.2) is 9.78 Å². The average Bonchev–Trinajstić information content (AvgIpc) is 3.10. The number of carbonyl (C=O) groups excluding carboxylic acids is 1. The number of aromatic amines is 1. The molecule has 0 saturated carbocycles. The number of fused-ring (bicyclic) bond motifs is 1. The lowest BCUT2D eigenvalue weighted by Crippen LogP contribution is -2.26. The Kier molecular flexibility index (Phi) is 4.34. The summed E-state index contributed by atoms with van der Waals surface area (Å²) in [7, 11) is 0. The summed E-state index contributed by atoms with van der Waals surface area (Å²) in [5.41, 5.74) is 4.10. The fraction of sp³-hybridized carbons (Fsp3) is 0.278. The largest absolute Gasteiger partial charge is 0.477 e. The first kappa shape index (κ1) is 17.2. The highest BCUT2D eigenvalue weighted by molar-refractivity contribution is 7.13. The van der Waals surface area contributed by atoms with E-state index in [-0.39, 0.29) is 16.8 Å². The maximum atomic E-state index is 12.5. The van der Waals surface area contributed by atoms with Gasteiger partial charge in [0, 0.05) is 10.9 Å². The number of hydrogen-bond acceptors (Lipinski definition) is 4. The van der Waals surface area contributed by atoms with Gasteiger partial charge >= 0.3 is 5.97 Å². The number of carboxylic acid groups (broad SMARTS) is 1. The third-order valence-corrected chi connectivity index (χ3v) is 5.39. The molecule has 0 aliphatic carbocycles. The van der Waals surface area contributed by atoms with Gasteiger partial charge in [0.25, 0.3) is 5.91 Å². The molecule has 0 fully saturated rings. The van der Waals surface area contributed by atoms with Gasteiger partial charge in [0.15, 0.2) is 0 Å². The van der Waals surface area contributed by atoms with Crippen molar-refractivity contribution < 1.29 is 14.7 Å². The van der Waals surface area contributed by atoms with E-state index in [0.29, 0.717) is 16.4 Å². The van der Waals surface area contributed by atoms with E-state index in [4.69, 9.17) is 5.11 Å². The quantitative estimate of drug-likeness (QED) is 0.663. The van der Waals surface area contributed by atoms with Crippen LogP contribution in [0.15, 0.2) is 18.2 Å². The summed E-state index contributed by atoms with van der Waals surface area (Å²) in [6, 6.07) is 5.54. The van der Waals surface area contributed by atoms with Crippen molar-refractivity contribution in [1.29, 1.82) is 0 Å². The molecule has 0 aliphatic heterocycles. The Balaban J connectivity index is 1.83. The van der Waals surface area contributed by atoms with Crippen LogP contribution in [0.3, 0.4) is 0 Å². The smallest absolute Gasteiger partial charge is 0.347 e. The van der Waals surface area contributed by atoms with Crippen LogP contribution < -0.4 is 5.32 Å². The number of benzene rings is 1. The molecule has 1 atom stereocenters. The molecular weight excluding hydrogens is 338 g/mol. The first-order valence-corrected chi connectivity index (χ1v) is 8.69. The number of amides is 1. The zero-order valence-corrected chi connectivity index (χ0v) is 15.2.